The maximum absolute atomic E-state index is 14.8. The van der Waals surface area contributed by atoms with Crippen molar-refractivity contribution < 1.29 is 36.4 Å². The fourth-order valence-corrected chi connectivity index (χ4v) is 7.91. The van der Waals surface area contributed by atoms with Crippen molar-refractivity contribution in [1.29, 1.82) is 0 Å². The first-order valence-corrected chi connectivity index (χ1v) is 16.1. The summed E-state index contributed by atoms with van der Waals surface area (Å²) in [4.78, 5) is 16.7. The number of halogens is 4. The fraction of sp³-hybridized carbons (Fsp3) is 0.469. The number of rotatable bonds is 10. The van der Waals surface area contributed by atoms with E-state index in [-0.39, 0.29) is 47.0 Å². The molecule has 0 radical (unpaired) electrons. The SMILES string of the molecule is CCOC(=O)c1cc(F)c2nc(NC3C4CCC3CC(NCc3c(-c5ccccc5OC(F)(F)F)noc3C3CC3)C4)sc2c1. The molecule has 2 bridgehead atoms. The van der Waals surface area contributed by atoms with Gasteiger partial charge in [-0.15, -0.1) is 13.2 Å². The number of hydrogen-bond donors (Lipinski definition) is 2. The molecule has 2 aromatic carbocycles. The molecule has 2 N–H and O–H groups in total. The van der Waals surface area contributed by atoms with Crippen LogP contribution in [-0.2, 0) is 11.3 Å². The van der Waals surface area contributed by atoms with E-state index in [0.717, 1.165) is 49.8 Å². The maximum atomic E-state index is 14.8. The second-order valence-corrected chi connectivity index (χ2v) is 13.1. The second-order valence-electron chi connectivity index (χ2n) is 12.1. The molecule has 2 heterocycles. The molecule has 3 saturated carbocycles. The Morgan fingerprint density at radius 1 is 1.11 bits per heavy atom. The van der Waals surface area contributed by atoms with Crippen LogP contribution in [0.1, 0.15) is 73.0 Å². The van der Waals surface area contributed by atoms with E-state index >= 15 is 0 Å². The van der Waals surface area contributed by atoms with E-state index < -0.39 is 18.1 Å². The van der Waals surface area contributed by atoms with E-state index in [0.29, 0.717) is 33.9 Å². The first-order chi connectivity index (χ1) is 21.7. The largest absolute Gasteiger partial charge is 0.573 e. The minimum absolute atomic E-state index is 0.167. The number of carbonyl (C=O) groups excluding carboxylic acids is 1. The van der Waals surface area contributed by atoms with Gasteiger partial charge in [0.05, 0.1) is 16.9 Å². The summed E-state index contributed by atoms with van der Waals surface area (Å²) in [5, 5.41) is 12.1. The van der Waals surface area contributed by atoms with Crippen LogP contribution in [0.5, 0.6) is 5.75 Å². The number of esters is 1. The van der Waals surface area contributed by atoms with E-state index in [1.807, 2.05) is 0 Å². The highest BCUT2D eigenvalue weighted by atomic mass is 32.1. The van der Waals surface area contributed by atoms with Gasteiger partial charge in [0.15, 0.2) is 10.9 Å². The summed E-state index contributed by atoms with van der Waals surface area (Å²) in [6.45, 7) is 2.34. The Morgan fingerprint density at radius 3 is 2.58 bits per heavy atom. The lowest BCUT2D eigenvalue weighted by molar-refractivity contribution is -0.274. The van der Waals surface area contributed by atoms with E-state index in [4.69, 9.17) is 9.26 Å². The van der Waals surface area contributed by atoms with Crippen molar-refractivity contribution >= 4 is 32.7 Å². The third kappa shape index (κ3) is 6.24. The summed E-state index contributed by atoms with van der Waals surface area (Å²) in [6.07, 6.45) is 1.03. The van der Waals surface area contributed by atoms with Crippen molar-refractivity contribution in [1.82, 2.24) is 15.5 Å². The molecule has 3 fully saturated rings. The van der Waals surface area contributed by atoms with Crippen LogP contribution < -0.4 is 15.4 Å². The average molecular weight is 645 g/mol. The highest BCUT2D eigenvalue weighted by Crippen LogP contribution is 2.47. The standard InChI is InChI=1S/C32H32F4N4O4S/c1-2-42-30(41)19-13-23(33)28-25(14-19)45-31(39-28)38-26-17-9-10-18(26)12-20(11-17)37-15-22-27(40-44-29(22)16-7-8-16)21-5-3-4-6-24(21)43-32(34,35)36/h3-6,13-14,16-18,20,26,37H,2,7-12,15H2,1H3,(H,38,39). The van der Waals surface area contributed by atoms with Crippen LogP contribution in [0.2, 0.25) is 0 Å². The molecule has 7 rings (SSSR count). The van der Waals surface area contributed by atoms with Gasteiger partial charge in [-0.3, -0.25) is 0 Å². The monoisotopic (exact) mass is 644 g/mol. The first-order valence-electron chi connectivity index (χ1n) is 15.3. The number of hydrogen-bond acceptors (Lipinski definition) is 9. The van der Waals surface area contributed by atoms with Crippen molar-refractivity contribution in [2.45, 2.75) is 76.4 Å². The molecule has 3 aliphatic carbocycles. The van der Waals surface area contributed by atoms with Crippen LogP contribution in [0.25, 0.3) is 21.5 Å². The van der Waals surface area contributed by atoms with Gasteiger partial charge in [-0.05, 0) is 81.5 Å². The third-order valence-corrected chi connectivity index (χ3v) is 9.98. The van der Waals surface area contributed by atoms with E-state index in [2.05, 4.69) is 25.5 Å². The molecule has 0 aliphatic heterocycles. The van der Waals surface area contributed by atoms with Crippen LogP contribution >= 0.6 is 11.3 Å². The van der Waals surface area contributed by atoms with Crippen molar-refractivity contribution in [3.05, 3.63) is 59.1 Å². The summed E-state index contributed by atoms with van der Waals surface area (Å²) >= 11 is 1.33. The quantitative estimate of drug-likeness (QED) is 0.133. The van der Waals surface area contributed by atoms with Crippen LogP contribution in [-0.4, -0.2) is 41.2 Å². The first kappa shape index (κ1) is 30.0. The fourth-order valence-electron chi connectivity index (χ4n) is 6.95. The molecular weight excluding hydrogens is 612 g/mol. The average Bonchev–Trinajstić information content (AvgIpc) is 3.55. The third-order valence-electron chi connectivity index (χ3n) is 9.05. The molecule has 2 aromatic heterocycles. The summed E-state index contributed by atoms with van der Waals surface area (Å²) in [5.74, 6) is 0.276. The predicted octanol–water partition coefficient (Wildman–Crippen LogP) is 7.80. The Kier molecular flexibility index (Phi) is 7.93. The van der Waals surface area contributed by atoms with Gasteiger partial charge in [-0.2, -0.15) is 0 Å². The predicted molar refractivity (Wildman–Crippen MR) is 160 cm³/mol. The van der Waals surface area contributed by atoms with E-state index in [1.54, 1.807) is 25.1 Å². The van der Waals surface area contributed by atoms with Crippen LogP contribution in [0, 0.1) is 17.7 Å². The van der Waals surface area contributed by atoms with Crippen molar-refractivity contribution in [2.75, 3.05) is 11.9 Å². The topological polar surface area (TPSA) is 98.5 Å². The number of anilines is 1. The molecule has 8 nitrogen and oxygen atoms in total. The maximum Gasteiger partial charge on any atom is 0.573 e. The molecular formula is C32H32F4N4O4S. The minimum atomic E-state index is -4.82. The Hall–Kier alpha value is -3.71. The van der Waals surface area contributed by atoms with Gasteiger partial charge in [0.2, 0.25) is 0 Å². The van der Waals surface area contributed by atoms with Crippen LogP contribution in [0.4, 0.5) is 22.7 Å². The number of ether oxygens (including phenoxy) is 2. The summed E-state index contributed by atoms with van der Waals surface area (Å²) < 4.78 is 69.9. The molecule has 2 atom stereocenters. The van der Waals surface area contributed by atoms with Gasteiger partial charge in [-0.25, -0.2) is 14.2 Å². The number of nitrogens with one attached hydrogen (secondary N) is 2. The van der Waals surface area contributed by atoms with Gasteiger partial charge in [0, 0.05) is 35.7 Å². The van der Waals surface area contributed by atoms with Crippen molar-refractivity contribution in [3.8, 4) is 17.0 Å². The molecule has 0 saturated heterocycles. The molecule has 2 unspecified atom stereocenters. The Morgan fingerprint density at radius 2 is 1.87 bits per heavy atom. The number of aromatic nitrogens is 2. The lowest BCUT2D eigenvalue weighted by atomic mass is 9.81. The van der Waals surface area contributed by atoms with Gasteiger partial charge >= 0.3 is 12.3 Å². The van der Waals surface area contributed by atoms with Crippen molar-refractivity contribution in [2.24, 2.45) is 11.8 Å². The smallest absolute Gasteiger partial charge is 0.462 e. The minimum Gasteiger partial charge on any atom is -0.462 e. The number of alkyl halides is 3. The molecule has 3 aliphatic rings. The zero-order valence-electron chi connectivity index (χ0n) is 24.5. The molecule has 0 spiro atoms. The van der Waals surface area contributed by atoms with Crippen molar-refractivity contribution in [3.63, 3.8) is 0 Å². The Balaban J connectivity index is 1.05. The zero-order chi connectivity index (χ0) is 31.3. The van der Waals surface area contributed by atoms with Gasteiger partial charge in [-0.1, -0.05) is 28.6 Å². The Bertz CT molecular complexity index is 1700. The molecule has 13 heteroatoms. The highest BCUT2D eigenvalue weighted by Gasteiger charge is 2.43. The zero-order valence-corrected chi connectivity index (χ0v) is 25.3. The number of fused-ring (bicyclic) bond motifs is 3. The van der Waals surface area contributed by atoms with E-state index in [1.165, 1.54) is 29.5 Å². The summed E-state index contributed by atoms with van der Waals surface area (Å²) in [5.41, 5.74) is 1.80. The van der Waals surface area contributed by atoms with Crippen LogP contribution in [0.3, 0.4) is 0 Å². The van der Waals surface area contributed by atoms with E-state index in [9.17, 15) is 22.4 Å². The Labute approximate surface area is 260 Å². The molecule has 45 heavy (non-hydrogen) atoms. The lowest BCUT2D eigenvalue weighted by Gasteiger charge is -2.36. The number of thiazole rings is 1. The summed E-state index contributed by atoms with van der Waals surface area (Å²) in [7, 11) is 0. The number of benzene rings is 2. The molecule has 238 valence electrons. The molecule has 4 aromatic rings. The molecule has 0 amide bonds. The lowest BCUT2D eigenvalue weighted by Crippen LogP contribution is -2.44. The number of para-hydroxylation sites is 1. The normalized spacial score (nSPS) is 23.0. The number of nitrogens with zero attached hydrogens (tertiary/aromatic N) is 2. The van der Waals surface area contributed by atoms with Gasteiger partial charge < -0.3 is 24.6 Å². The number of carbonyl (C=O) groups is 1. The summed E-state index contributed by atoms with van der Waals surface area (Å²) in [6, 6.07) is 9.20. The van der Waals surface area contributed by atoms with Crippen LogP contribution in [0.15, 0.2) is 40.9 Å². The van der Waals surface area contributed by atoms with Gasteiger partial charge in [0.25, 0.3) is 0 Å². The second kappa shape index (κ2) is 11.9. The highest BCUT2D eigenvalue weighted by molar-refractivity contribution is 7.22. The van der Waals surface area contributed by atoms with Gasteiger partial charge in [0.1, 0.15) is 22.7 Å².